The molecule has 0 atom stereocenters. The van der Waals surface area contributed by atoms with Crippen molar-refractivity contribution >= 4 is 44.5 Å². The summed E-state index contributed by atoms with van der Waals surface area (Å²) < 4.78 is 22.8. The molecule has 1 fully saturated rings. The molecule has 1 heterocycles. The van der Waals surface area contributed by atoms with Crippen molar-refractivity contribution in [3.8, 4) is 17.1 Å². The van der Waals surface area contributed by atoms with Gasteiger partial charge < -0.3 is 18.6 Å². The van der Waals surface area contributed by atoms with E-state index < -0.39 is 0 Å². The van der Waals surface area contributed by atoms with Crippen LogP contribution in [-0.2, 0) is 14.3 Å². The van der Waals surface area contributed by atoms with E-state index in [4.69, 9.17) is 30.2 Å². The minimum absolute atomic E-state index is 0.0531. The molecule has 0 aliphatic heterocycles. The van der Waals surface area contributed by atoms with E-state index in [2.05, 4.69) is 15.9 Å². The monoisotopic (exact) mass is 506 g/mol. The molecule has 0 spiro atoms. The van der Waals surface area contributed by atoms with Gasteiger partial charge >= 0.3 is 5.97 Å². The van der Waals surface area contributed by atoms with E-state index in [1.165, 1.54) is 13.2 Å². The predicted molar refractivity (Wildman–Crippen MR) is 121 cm³/mol. The zero-order valence-corrected chi connectivity index (χ0v) is 19.1. The van der Waals surface area contributed by atoms with Crippen molar-refractivity contribution in [1.29, 1.82) is 0 Å². The van der Waals surface area contributed by atoms with Crippen molar-refractivity contribution in [2.24, 2.45) is 5.92 Å². The van der Waals surface area contributed by atoms with Gasteiger partial charge in [-0.05, 0) is 59.1 Å². The van der Waals surface area contributed by atoms with Crippen molar-refractivity contribution in [2.45, 2.75) is 18.9 Å². The van der Waals surface area contributed by atoms with E-state index in [0.717, 1.165) is 10.0 Å². The third kappa shape index (κ3) is 4.79. The van der Waals surface area contributed by atoms with Crippen LogP contribution in [0.1, 0.15) is 12.8 Å². The van der Waals surface area contributed by atoms with Gasteiger partial charge in [0.2, 0.25) is 0 Å². The number of esters is 1. The highest BCUT2D eigenvalue weighted by atomic mass is 79.9. The Morgan fingerprint density at radius 1 is 1.19 bits per heavy atom. The van der Waals surface area contributed by atoms with Gasteiger partial charge in [-0.2, -0.15) is 0 Å². The van der Waals surface area contributed by atoms with E-state index in [0.29, 0.717) is 53.6 Å². The molecule has 1 aromatic heterocycles. The first kappa shape index (κ1) is 21.9. The molecule has 2 aromatic carbocycles. The molecule has 1 aliphatic rings. The van der Waals surface area contributed by atoms with Crippen LogP contribution < -0.4 is 10.2 Å². The summed E-state index contributed by atoms with van der Waals surface area (Å²) >= 11 is 9.69. The number of hydrogen-bond acceptors (Lipinski definition) is 6. The number of para-hydroxylation sites is 1. The third-order valence-electron chi connectivity index (χ3n) is 5.25. The first-order valence-electron chi connectivity index (χ1n) is 9.81. The van der Waals surface area contributed by atoms with Crippen LogP contribution in [-0.4, -0.2) is 32.4 Å². The van der Waals surface area contributed by atoms with Gasteiger partial charge in [0.1, 0.15) is 18.1 Å². The summed E-state index contributed by atoms with van der Waals surface area (Å²) in [6.07, 6.45) is 1.44. The normalized spacial score (nSPS) is 17.9. The lowest BCUT2D eigenvalue weighted by atomic mass is 9.82. The predicted octanol–water partition coefficient (Wildman–Crippen LogP) is 5.22. The van der Waals surface area contributed by atoms with Crippen LogP contribution in [0.2, 0.25) is 5.02 Å². The minimum atomic E-state index is -0.176. The molecule has 0 bridgehead atoms. The molecule has 31 heavy (non-hydrogen) atoms. The fourth-order valence-electron chi connectivity index (χ4n) is 3.48. The molecule has 0 unspecified atom stereocenters. The Kier molecular flexibility index (Phi) is 6.65. The van der Waals surface area contributed by atoms with Crippen LogP contribution in [0.3, 0.4) is 0 Å². The van der Waals surface area contributed by atoms with Crippen LogP contribution in [0.4, 0.5) is 0 Å². The number of fused-ring (bicyclic) bond motifs is 1. The number of benzene rings is 2. The number of ether oxygens (including phenoxy) is 3. The fourth-order valence-corrected chi connectivity index (χ4v) is 4.19. The van der Waals surface area contributed by atoms with Crippen LogP contribution >= 0.6 is 27.5 Å². The lowest BCUT2D eigenvalue weighted by Gasteiger charge is -2.32. The van der Waals surface area contributed by atoms with Gasteiger partial charge in [0.05, 0.1) is 40.6 Å². The molecule has 4 rings (SSSR count). The molecule has 1 saturated carbocycles. The fraction of sp³-hybridized carbons (Fsp3) is 0.304. The maximum atomic E-state index is 12.4. The molecule has 0 amide bonds. The summed E-state index contributed by atoms with van der Waals surface area (Å²) in [5, 5.41) is 0.833. The van der Waals surface area contributed by atoms with Gasteiger partial charge in [0.25, 0.3) is 0 Å². The van der Waals surface area contributed by atoms with Crippen molar-refractivity contribution in [3.05, 3.63) is 62.2 Å². The summed E-state index contributed by atoms with van der Waals surface area (Å²) in [6.45, 7) is 0.794. The number of methoxy groups -OCH3 is 1. The Morgan fingerprint density at radius 2 is 2.00 bits per heavy atom. The summed E-state index contributed by atoms with van der Waals surface area (Å²) in [5.41, 5.74) is 0.932. The maximum absolute atomic E-state index is 12.4. The zero-order valence-electron chi connectivity index (χ0n) is 16.7. The largest absolute Gasteiger partial charge is 0.490 e. The Morgan fingerprint density at radius 3 is 2.74 bits per heavy atom. The van der Waals surface area contributed by atoms with Crippen molar-refractivity contribution < 1.29 is 23.4 Å². The highest BCUT2D eigenvalue weighted by Crippen LogP contribution is 2.33. The second kappa shape index (κ2) is 9.42. The second-order valence-corrected chi connectivity index (χ2v) is 8.53. The van der Waals surface area contributed by atoms with Gasteiger partial charge in [0, 0.05) is 11.6 Å². The Labute approximate surface area is 192 Å². The number of carbonyl (C=O) groups excluding carboxylic acids is 1. The van der Waals surface area contributed by atoms with Gasteiger partial charge in [-0.15, -0.1) is 0 Å². The summed E-state index contributed by atoms with van der Waals surface area (Å²) in [6, 6.07) is 12.0. The molecule has 162 valence electrons. The van der Waals surface area contributed by atoms with E-state index in [9.17, 15) is 9.59 Å². The van der Waals surface area contributed by atoms with E-state index in [-0.39, 0.29) is 23.4 Å². The van der Waals surface area contributed by atoms with E-state index in [1.807, 2.05) is 12.1 Å². The highest BCUT2D eigenvalue weighted by molar-refractivity contribution is 9.10. The molecular formula is C23H20BrClO6. The molecular weight excluding hydrogens is 488 g/mol. The van der Waals surface area contributed by atoms with E-state index in [1.54, 1.807) is 24.3 Å². The number of hydrogen-bond donors (Lipinski definition) is 0. The lowest BCUT2D eigenvalue weighted by molar-refractivity contribution is -0.155. The molecule has 3 aromatic rings. The molecule has 0 saturated heterocycles. The number of carbonyl (C=O) groups is 1. The van der Waals surface area contributed by atoms with Crippen LogP contribution in [0.5, 0.6) is 5.75 Å². The minimum Gasteiger partial charge on any atom is -0.490 e. The molecule has 0 N–H and O–H groups in total. The van der Waals surface area contributed by atoms with Crippen molar-refractivity contribution in [1.82, 2.24) is 0 Å². The van der Waals surface area contributed by atoms with Gasteiger partial charge in [-0.1, -0.05) is 17.7 Å². The van der Waals surface area contributed by atoms with Crippen LogP contribution in [0, 0.1) is 5.92 Å². The first-order valence-corrected chi connectivity index (χ1v) is 11.0. The molecule has 6 nitrogen and oxygen atoms in total. The molecule has 1 aliphatic carbocycles. The SMILES string of the molecule is COC(=O)C1CC(OCCOc2ccc(-c3cc(=O)c4cccc(Cl)c4o3)cc2Br)C1. The summed E-state index contributed by atoms with van der Waals surface area (Å²) in [5.74, 6) is 0.841. The van der Waals surface area contributed by atoms with Gasteiger partial charge in [0.15, 0.2) is 11.0 Å². The van der Waals surface area contributed by atoms with E-state index >= 15 is 0 Å². The number of rotatable bonds is 7. The molecule has 0 radical (unpaired) electrons. The number of halogens is 2. The Hall–Kier alpha value is -2.35. The topological polar surface area (TPSA) is 75.0 Å². The van der Waals surface area contributed by atoms with Gasteiger partial charge in [-0.25, -0.2) is 0 Å². The summed E-state index contributed by atoms with van der Waals surface area (Å²) in [4.78, 5) is 23.8. The highest BCUT2D eigenvalue weighted by Gasteiger charge is 2.35. The zero-order chi connectivity index (χ0) is 22.0. The Bertz CT molecular complexity index is 1170. The maximum Gasteiger partial charge on any atom is 0.308 e. The smallest absolute Gasteiger partial charge is 0.308 e. The third-order valence-corrected chi connectivity index (χ3v) is 6.16. The van der Waals surface area contributed by atoms with Crippen molar-refractivity contribution in [2.75, 3.05) is 20.3 Å². The van der Waals surface area contributed by atoms with Crippen LogP contribution in [0.25, 0.3) is 22.3 Å². The van der Waals surface area contributed by atoms with Gasteiger partial charge in [-0.3, -0.25) is 9.59 Å². The lowest BCUT2D eigenvalue weighted by Crippen LogP contribution is -2.37. The van der Waals surface area contributed by atoms with Crippen LogP contribution in [0.15, 0.2) is 56.1 Å². The van der Waals surface area contributed by atoms with Crippen molar-refractivity contribution in [3.63, 3.8) is 0 Å². The average molecular weight is 508 g/mol. The average Bonchev–Trinajstić information content (AvgIpc) is 2.73. The quantitative estimate of drug-likeness (QED) is 0.322. The summed E-state index contributed by atoms with van der Waals surface area (Å²) in [7, 11) is 1.40. The second-order valence-electron chi connectivity index (χ2n) is 7.27. The standard InChI is InChI=1S/C23H20BrClO6/c1-28-23(27)14-9-15(10-14)29-7-8-30-20-6-5-13(11-17(20)24)21-12-19(26)16-3-2-4-18(25)22(16)31-21/h2-6,11-12,14-15H,7-10H2,1H3. The first-order chi connectivity index (χ1) is 15.0. The Balaban J connectivity index is 1.37. The molecule has 8 heteroatoms.